The van der Waals surface area contributed by atoms with Crippen LogP contribution >= 0.6 is 0 Å². The normalized spacial score (nSPS) is 13.4. The van der Waals surface area contributed by atoms with Gasteiger partial charge in [0, 0.05) is 33.4 Å². The Morgan fingerprint density at radius 2 is 1.32 bits per heavy atom. The van der Waals surface area contributed by atoms with Gasteiger partial charge in [-0.25, -0.2) is 0 Å². The van der Waals surface area contributed by atoms with Crippen LogP contribution in [-0.4, -0.2) is 16.0 Å². The van der Waals surface area contributed by atoms with E-state index in [-0.39, 0.29) is 23.2 Å². The van der Waals surface area contributed by atoms with E-state index >= 15 is 0 Å². The van der Waals surface area contributed by atoms with E-state index in [2.05, 4.69) is 0 Å². The van der Waals surface area contributed by atoms with Crippen molar-refractivity contribution in [1.82, 2.24) is 0 Å². The molecular weight excluding hydrogens is 348 g/mol. The molecule has 5 rings (SSSR count). The highest BCUT2D eigenvalue weighted by molar-refractivity contribution is 6.13. The highest BCUT2D eigenvalue weighted by Gasteiger charge is 2.33. The maximum Gasteiger partial charge on any atom is 0.193 e. The van der Waals surface area contributed by atoms with Crippen LogP contribution in [0.4, 0.5) is 0 Å². The molecule has 0 aliphatic heterocycles. The van der Waals surface area contributed by atoms with Crippen molar-refractivity contribution in [2.45, 2.75) is 12.8 Å². The van der Waals surface area contributed by atoms with Crippen molar-refractivity contribution < 1.29 is 15.0 Å². The average molecular weight is 366 g/mol. The van der Waals surface area contributed by atoms with Crippen molar-refractivity contribution in [2.75, 3.05) is 0 Å². The molecule has 4 aromatic carbocycles. The second kappa shape index (κ2) is 5.96. The first kappa shape index (κ1) is 16.6. The monoisotopic (exact) mass is 366 g/mol. The Bertz CT molecular complexity index is 1220. The van der Waals surface area contributed by atoms with E-state index in [9.17, 15) is 15.0 Å². The summed E-state index contributed by atoms with van der Waals surface area (Å²) < 4.78 is 0. The highest BCUT2D eigenvalue weighted by Crippen LogP contribution is 2.47. The number of carbonyl (C=O) groups excluding carboxylic acids is 1. The van der Waals surface area contributed by atoms with Crippen molar-refractivity contribution >= 4 is 16.6 Å². The number of ketones is 1. The lowest BCUT2D eigenvalue weighted by Crippen LogP contribution is -2.20. The number of rotatable bonds is 1. The van der Waals surface area contributed by atoms with Crippen LogP contribution in [0.1, 0.15) is 44.1 Å². The van der Waals surface area contributed by atoms with Gasteiger partial charge in [-0.3, -0.25) is 4.79 Å². The number of hydrogen-bond acceptors (Lipinski definition) is 3. The molecule has 2 N–H and O–H groups in total. The Kier molecular flexibility index (Phi) is 3.53. The SMILES string of the molecule is Cc1ccc2c(O)c(C3c4ccccc4C(=O)c4ccccc43)cc(O)c2c1. The summed E-state index contributed by atoms with van der Waals surface area (Å²) in [5, 5.41) is 23.1. The molecule has 0 radical (unpaired) electrons. The molecule has 4 aromatic rings. The third kappa shape index (κ3) is 2.26. The molecule has 0 unspecified atom stereocenters. The summed E-state index contributed by atoms with van der Waals surface area (Å²) in [6.45, 7) is 1.95. The first-order chi connectivity index (χ1) is 13.6. The quantitative estimate of drug-likeness (QED) is 0.397. The molecule has 28 heavy (non-hydrogen) atoms. The fourth-order valence-electron chi connectivity index (χ4n) is 4.30. The van der Waals surface area contributed by atoms with Gasteiger partial charge in [-0.05, 0) is 30.2 Å². The van der Waals surface area contributed by atoms with Gasteiger partial charge in [-0.1, -0.05) is 66.2 Å². The average Bonchev–Trinajstić information content (AvgIpc) is 2.72. The van der Waals surface area contributed by atoms with Crippen LogP contribution in [0.3, 0.4) is 0 Å². The largest absolute Gasteiger partial charge is 0.507 e. The van der Waals surface area contributed by atoms with Crippen molar-refractivity contribution in [1.29, 1.82) is 0 Å². The Morgan fingerprint density at radius 3 is 1.96 bits per heavy atom. The van der Waals surface area contributed by atoms with Crippen LogP contribution < -0.4 is 0 Å². The van der Waals surface area contributed by atoms with Crippen LogP contribution in [0.25, 0.3) is 10.8 Å². The number of aryl methyl sites for hydroxylation is 1. The summed E-state index contributed by atoms with van der Waals surface area (Å²) >= 11 is 0. The number of phenolic OH excluding ortho intramolecular Hbond substituents is 2. The van der Waals surface area contributed by atoms with Gasteiger partial charge >= 0.3 is 0 Å². The number of hydrogen-bond donors (Lipinski definition) is 2. The molecule has 0 bridgehead atoms. The second-order valence-electron chi connectivity index (χ2n) is 7.32. The van der Waals surface area contributed by atoms with Crippen LogP contribution in [0.15, 0.2) is 72.8 Å². The predicted octanol–water partition coefficient (Wildman–Crippen LogP) is 5.28. The molecule has 0 saturated carbocycles. The number of phenols is 2. The van der Waals surface area contributed by atoms with Gasteiger partial charge in [0.2, 0.25) is 0 Å². The summed E-state index contributed by atoms with van der Waals surface area (Å²) in [4.78, 5) is 13.0. The molecule has 0 atom stereocenters. The molecule has 0 heterocycles. The summed E-state index contributed by atoms with van der Waals surface area (Å²) in [5.74, 6) is -0.0839. The van der Waals surface area contributed by atoms with E-state index in [0.717, 1.165) is 16.7 Å². The lowest BCUT2D eigenvalue weighted by atomic mass is 9.73. The number of benzene rings is 4. The predicted molar refractivity (Wildman–Crippen MR) is 109 cm³/mol. The zero-order chi connectivity index (χ0) is 19.4. The first-order valence-corrected chi connectivity index (χ1v) is 9.24. The molecule has 0 amide bonds. The van der Waals surface area contributed by atoms with Gasteiger partial charge in [-0.15, -0.1) is 0 Å². The van der Waals surface area contributed by atoms with Gasteiger partial charge < -0.3 is 10.2 Å². The van der Waals surface area contributed by atoms with Gasteiger partial charge in [0.25, 0.3) is 0 Å². The fraction of sp³-hybridized carbons (Fsp3) is 0.0800. The lowest BCUT2D eigenvalue weighted by molar-refractivity contribution is 0.103. The third-order valence-electron chi connectivity index (χ3n) is 5.62. The minimum absolute atomic E-state index is 0.0115. The zero-order valence-electron chi connectivity index (χ0n) is 15.3. The molecule has 1 aliphatic carbocycles. The van der Waals surface area contributed by atoms with E-state index in [1.54, 1.807) is 6.07 Å². The number of fused-ring (bicyclic) bond motifs is 3. The topological polar surface area (TPSA) is 57.5 Å². The highest BCUT2D eigenvalue weighted by atomic mass is 16.3. The minimum Gasteiger partial charge on any atom is -0.507 e. The summed E-state index contributed by atoms with van der Waals surface area (Å²) in [6.07, 6.45) is 0. The van der Waals surface area contributed by atoms with E-state index in [4.69, 9.17) is 0 Å². The summed E-state index contributed by atoms with van der Waals surface area (Å²) in [7, 11) is 0. The molecule has 0 saturated heterocycles. The molecule has 0 fully saturated rings. The summed E-state index contributed by atoms with van der Waals surface area (Å²) in [5.41, 5.74) is 4.55. The minimum atomic E-state index is -0.332. The Labute approximate surface area is 162 Å². The van der Waals surface area contributed by atoms with Crippen LogP contribution in [-0.2, 0) is 0 Å². The van der Waals surface area contributed by atoms with E-state index in [1.807, 2.05) is 73.7 Å². The molecule has 1 aliphatic rings. The molecular formula is C25H18O3. The van der Waals surface area contributed by atoms with Crippen LogP contribution in [0.2, 0.25) is 0 Å². The van der Waals surface area contributed by atoms with E-state index in [1.165, 1.54) is 0 Å². The van der Waals surface area contributed by atoms with Crippen molar-refractivity contribution in [3.63, 3.8) is 0 Å². The Morgan fingerprint density at radius 1 is 0.714 bits per heavy atom. The third-order valence-corrected chi connectivity index (χ3v) is 5.62. The second-order valence-corrected chi connectivity index (χ2v) is 7.32. The van der Waals surface area contributed by atoms with Gasteiger partial charge in [0.1, 0.15) is 11.5 Å². The Hall–Kier alpha value is -3.59. The van der Waals surface area contributed by atoms with Crippen molar-refractivity contribution in [3.05, 3.63) is 106 Å². The standard InChI is InChI=1S/C25H18O3/c1-14-10-11-19-20(12-14)22(26)13-21(25(19)28)23-15-6-2-4-8-17(15)24(27)18-9-5-3-7-16(18)23/h2-13,23,26,28H,1H3. The smallest absolute Gasteiger partial charge is 0.193 e. The van der Waals surface area contributed by atoms with Gasteiger partial charge in [0.15, 0.2) is 5.78 Å². The van der Waals surface area contributed by atoms with Crippen molar-refractivity contribution in [3.8, 4) is 11.5 Å². The molecule has 3 heteroatoms. The molecule has 136 valence electrons. The number of carbonyl (C=O) groups is 1. The number of aromatic hydroxyl groups is 2. The Balaban J connectivity index is 1.86. The molecule has 3 nitrogen and oxygen atoms in total. The fourth-order valence-corrected chi connectivity index (χ4v) is 4.30. The van der Waals surface area contributed by atoms with Crippen LogP contribution in [0.5, 0.6) is 11.5 Å². The summed E-state index contributed by atoms with van der Waals surface area (Å²) in [6, 6.07) is 22.2. The molecule has 0 spiro atoms. The maximum absolute atomic E-state index is 13.0. The zero-order valence-corrected chi connectivity index (χ0v) is 15.3. The maximum atomic E-state index is 13.0. The van der Waals surface area contributed by atoms with Gasteiger partial charge in [-0.2, -0.15) is 0 Å². The van der Waals surface area contributed by atoms with E-state index < -0.39 is 0 Å². The van der Waals surface area contributed by atoms with Crippen molar-refractivity contribution in [2.24, 2.45) is 0 Å². The molecule has 0 aromatic heterocycles. The van der Waals surface area contributed by atoms with Crippen LogP contribution in [0, 0.1) is 6.92 Å². The van der Waals surface area contributed by atoms with Gasteiger partial charge in [0.05, 0.1) is 0 Å². The van der Waals surface area contributed by atoms with E-state index in [0.29, 0.717) is 27.5 Å². The first-order valence-electron chi connectivity index (χ1n) is 9.24. The lowest BCUT2D eigenvalue weighted by Gasteiger charge is -2.29.